The third-order valence-electron chi connectivity index (χ3n) is 3.24. The Morgan fingerprint density at radius 2 is 1.77 bits per heavy atom. The highest BCUT2D eigenvalue weighted by atomic mass is 16.2. The van der Waals surface area contributed by atoms with Gasteiger partial charge in [0.05, 0.1) is 5.71 Å². The van der Waals surface area contributed by atoms with Crippen LogP contribution >= 0.6 is 0 Å². The van der Waals surface area contributed by atoms with Gasteiger partial charge in [0.2, 0.25) is 0 Å². The molecule has 0 bridgehead atoms. The van der Waals surface area contributed by atoms with Crippen molar-refractivity contribution in [1.82, 2.24) is 5.43 Å². The highest BCUT2D eigenvalue weighted by Gasteiger charge is 2.03. The lowest BCUT2D eigenvalue weighted by Gasteiger charge is -2.02. The molecule has 0 aliphatic rings. The van der Waals surface area contributed by atoms with Crippen LogP contribution in [0.2, 0.25) is 0 Å². The van der Waals surface area contributed by atoms with E-state index in [2.05, 4.69) is 10.5 Å². The molecular weight excluding hydrogens is 272 g/mol. The maximum absolute atomic E-state index is 12.0. The molecule has 112 valence electrons. The minimum Gasteiger partial charge on any atom is -0.267 e. The van der Waals surface area contributed by atoms with E-state index in [-0.39, 0.29) is 5.91 Å². The van der Waals surface area contributed by atoms with Gasteiger partial charge in [-0.1, -0.05) is 61.0 Å². The van der Waals surface area contributed by atoms with Gasteiger partial charge in [-0.25, -0.2) is 5.43 Å². The molecule has 0 unspecified atom stereocenters. The summed E-state index contributed by atoms with van der Waals surface area (Å²) in [4.78, 5) is 12.0. The Morgan fingerprint density at radius 1 is 1.09 bits per heavy atom. The molecule has 0 aliphatic carbocycles. The van der Waals surface area contributed by atoms with Crippen molar-refractivity contribution in [1.29, 1.82) is 0 Å². The van der Waals surface area contributed by atoms with Crippen LogP contribution in [0.4, 0.5) is 0 Å². The molecule has 1 amide bonds. The molecule has 0 spiro atoms. The number of hydrogen-bond donors (Lipinski definition) is 1. The number of aryl methyl sites for hydroxylation is 1. The van der Waals surface area contributed by atoms with Crippen molar-refractivity contribution in [2.75, 3.05) is 0 Å². The Bertz CT molecular complexity index is 670. The number of rotatable bonds is 5. The topological polar surface area (TPSA) is 41.5 Å². The Kier molecular flexibility index (Phi) is 5.66. The van der Waals surface area contributed by atoms with Crippen molar-refractivity contribution in [3.8, 4) is 0 Å². The monoisotopic (exact) mass is 292 g/mol. The number of benzene rings is 2. The molecule has 2 rings (SSSR count). The molecule has 0 saturated heterocycles. The largest absolute Gasteiger partial charge is 0.271 e. The maximum Gasteiger partial charge on any atom is 0.271 e. The zero-order chi connectivity index (χ0) is 15.8. The number of nitrogens with one attached hydrogen (secondary N) is 1. The van der Waals surface area contributed by atoms with E-state index in [1.165, 1.54) is 0 Å². The van der Waals surface area contributed by atoms with Gasteiger partial charge in [0, 0.05) is 5.56 Å². The molecule has 0 heterocycles. The zero-order valence-corrected chi connectivity index (χ0v) is 12.9. The Hall–Kier alpha value is -2.68. The summed E-state index contributed by atoms with van der Waals surface area (Å²) >= 11 is 0. The van der Waals surface area contributed by atoms with E-state index < -0.39 is 0 Å². The van der Waals surface area contributed by atoms with Crippen LogP contribution in [0.1, 0.15) is 34.8 Å². The lowest BCUT2D eigenvalue weighted by Crippen LogP contribution is -2.19. The van der Waals surface area contributed by atoms with Crippen molar-refractivity contribution < 1.29 is 4.79 Å². The number of hydrogen-bond acceptors (Lipinski definition) is 2. The zero-order valence-electron chi connectivity index (χ0n) is 12.9. The molecule has 0 aromatic heterocycles. The highest BCUT2D eigenvalue weighted by Crippen LogP contribution is 2.04. The van der Waals surface area contributed by atoms with Crippen molar-refractivity contribution in [2.45, 2.75) is 20.3 Å². The second-order valence-electron chi connectivity index (χ2n) is 5.01. The van der Waals surface area contributed by atoms with Gasteiger partial charge in [0.15, 0.2) is 0 Å². The predicted octanol–water partition coefficient (Wildman–Crippen LogP) is 4.20. The lowest BCUT2D eigenvalue weighted by molar-refractivity contribution is 0.0955. The van der Waals surface area contributed by atoms with Crippen LogP contribution in [-0.2, 0) is 0 Å². The van der Waals surface area contributed by atoms with Crippen molar-refractivity contribution in [3.05, 3.63) is 77.4 Å². The molecule has 2 aromatic rings. The standard InChI is InChI=1S/C19H20N2O/c1-3-18(14-11-16-7-5-4-6-8-16)20-21-19(22)17-12-9-15(2)10-13-17/h4-14H,3H2,1-2H3,(H,21,22)/b14-11-,20-18+. The summed E-state index contributed by atoms with van der Waals surface area (Å²) in [5, 5.41) is 4.19. The van der Waals surface area contributed by atoms with Crippen molar-refractivity contribution in [2.24, 2.45) is 5.10 Å². The van der Waals surface area contributed by atoms with Crippen molar-refractivity contribution in [3.63, 3.8) is 0 Å². The summed E-state index contributed by atoms with van der Waals surface area (Å²) in [6.07, 6.45) is 4.66. The number of carbonyl (C=O) groups is 1. The second-order valence-corrected chi connectivity index (χ2v) is 5.01. The van der Waals surface area contributed by atoms with Crippen LogP contribution in [0.5, 0.6) is 0 Å². The van der Waals surface area contributed by atoms with E-state index in [0.29, 0.717) is 5.56 Å². The number of allylic oxidation sites excluding steroid dienone is 1. The van der Waals surface area contributed by atoms with Gasteiger partial charge in [-0.15, -0.1) is 0 Å². The number of hydrazone groups is 1. The highest BCUT2D eigenvalue weighted by molar-refractivity contribution is 6.00. The predicted molar refractivity (Wildman–Crippen MR) is 91.8 cm³/mol. The Labute approximate surface area is 131 Å². The average molecular weight is 292 g/mol. The first kappa shape index (κ1) is 15.7. The molecule has 3 nitrogen and oxygen atoms in total. The van der Waals surface area contributed by atoms with Crippen LogP contribution in [-0.4, -0.2) is 11.6 Å². The van der Waals surface area contributed by atoms with Gasteiger partial charge in [0.1, 0.15) is 0 Å². The molecule has 0 radical (unpaired) electrons. The normalized spacial score (nSPS) is 11.6. The maximum atomic E-state index is 12.0. The minimum absolute atomic E-state index is 0.195. The SMILES string of the molecule is CCC(/C=C\c1ccccc1)=N\NC(=O)c1ccc(C)cc1. The van der Waals surface area contributed by atoms with Crippen LogP contribution < -0.4 is 5.43 Å². The number of amides is 1. The van der Waals surface area contributed by atoms with Crippen LogP contribution in [0.3, 0.4) is 0 Å². The first-order chi connectivity index (χ1) is 10.7. The number of carbonyl (C=O) groups excluding carboxylic acids is 1. The third kappa shape index (κ3) is 4.70. The van der Waals surface area contributed by atoms with E-state index in [4.69, 9.17) is 0 Å². The summed E-state index contributed by atoms with van der Waals surface area (Å²) in [5.41, 5.74) is 6.27. The summed E-state index contributed by atoms with van der Waals surface area (Å²) in [5.74, 6) is -0.195. The Morgan fingerprint density at radius 3 is 2.41 bits per heavy atom. The van der Waals surface area contributed by atoms with Crippen LogP contribution in [0.15, 0.2) is 65.8 Å². The molecule has 0 atom stereocenters. The van der Waals surface area contributed by atoms with Gasteiger partial charge in [-0.2, -0.15) is 5.10 Å². The summed E-state index contributed by atoms with van der Waals surface area (Å²) in [7, 11) is 0. The molecule has 0 fully saturated rings. The number of nitrogens with zero attached hydrogens (tertiary/aromatic N) is 1. The lowest BCUT2D eigenvalue weighted by atomic mass is 10.1. The van der Waals surface area contributed by atoms with E-state index >= 15 is 0 Å². The van der Waals surface area contributed by atoms with Crippen LogP contribution in [0.25, 0.3) is 6.08 Å². The summed E-state index contributed by atoms with van der Waals surface area (Å²) < 4.78 is 0. The molecular formula is C19H20N2O. The van der Waals surface area contributed by atoms with Gasteiger partial charge in [-0.3, -0.25) is 4.79 Å². The fourth-order valence-electron chi connectivity index (χ4n) is 1.88. The molecule has 2 aromatic carbocycles. The van der Waals surface area contributed by atoms with E-state index in [0.717, 1.165) is 23.3 Å². The second kappa shape index (κ2) is 7.93. The third-order valence-corrected chi connectivity index (χ3v) is 3.24. The molecule has 22 heavy (non-hydrogen) atoms. The molecule has 1 N–H and O–H groups in total. The van der Waals surface area contributed by atoms with E-state index in [1.54, 1.807) is 12.1 Å². The first-order valence-corrected chi connectivity index (χ1v) is 7.35. The Balaban J connectivity index is 2.01. The quantitative estimate of drug-likeness (QED) is 0.651. The smallest absolute Gasteiger partial charge is 0.267 e. The van der Waals surface area contributed by atoms with Crippen molar-refractivity contribution >= 4 is 17.7 Å². The van der Waals surface area contributed by atoms with E-state index in [1.807, 2.05) is 68.5 Å². The summed E-state index contributed by atoms with van der Waals surface area (Å²) in [6, 6.07) is 17.4. The first-order valence-electron chi connectivity index (χ1n) is 7.35. The molecule has 3 heteroatoms. The average Bonchev–Trinajstić information content (AvgIpc) is 2.56. The van der Waals surface area contributed by atoms with Gasteiger partial charge < -0.3 is 0 Å². The van der Waals surface area contributed by atoms with Crippen LogP contribution in [0, 0.1) is 6.92 Å². The van der Waals surface area contributed by atoms with E-state index in [9.17, 15) is 4.79 Å². The summed E-state index contributed by atoms with van der Waals surface area (Å²) in [6.45, 7) is 4.00. The van der Waals surface area contributed by atoms with Gasteiger partial charge >= 0.3 is 0 Å². The minimum atomic E-state index is -0.195. The molecule has 0 saturated carbocycles. The molecule has 0 aliphatic heterocycles. The van der Waals surface area contributed by atoms with Gasteiger partial charge in [0.25, 0.3) is 5.91 Å². The fraction of sp³-hybridized carbons (Fsp3) is 0.158. The fourth-order valence-corrected chi connectivity index (χ4v) is 1.88. The van der Waals surface area contributed by atoms with Gasteiger partial charge in [-0.05, 0) is 37.1 Å².